The minimum absolute atomic E-state index is 0.165. The number of nitrogens with one attached hydrogen (secondary N) is 1. The molecule has 1 aromatic carbocycles. The van der Waals surface area contributed by atoms with Crippen molar-refractivity contribution in [3.05, 3.63) is 39.1 Å². The zero-order valence-corrected chi connectivity index (χ0v) is 12.1. The Morgan fingerprint density at radius 2 is 2.19 bits per heavy atom. The van der Waals surface area contributed by atoms with Gasteiger partial charge in [-0.05, 0) is 18.2 Å². The van der Waals surface area contributed by atoms with Crippen LogP contribution >= 0.6 is 22.9 Å². The molecule has 0 spiro atoms. The number of nitrogens with zero attached hydrogens (tertiary/aromatic N) is 3. The minimum atomic E-state index is -4.57. The standard InChI is InChI=1S/C11H8ClF3N4OS/c1-19-10(21-8(18-19)11(13,14)15)17-9(20)16-7-4-2-3-6(12)5-7/h2-5H,1H3,(H,16,20)/b17-10-. The second kappa shape index (κ2) is 5.86. The summed E-state index contributed by atoms with van der Waals surface area (Å²) in [6.45, 7) is 0. The lowest BCUT2D eigenvalue weighted by Gasteiger charge is -2.00. The highest BCUT2D eigenvalue weighted by Gasteiger charge is 2.35. The van der Waals surface area contributed by atoms with Gasteiger partial charge in [0.1, 0.15) is 0 Å². The molecule has 2 aromatic rings. The highest BCUT2D eigenvalue weighted by atomic mass is 35.5. The molecule has 112 valence electrons. The molecule has 2 rings (SSSR count). The molecule has 0 fully saturated rings. The molecule has 1 N–H and O–H groups in total. The Labute approximate surface area is 125 Å². The summed E-state index contributed by atoms with van der Waals surface area (Å²) in [5.74, 6) is 0. The predicted octanol–water partition coefficient (Wildman–Crippen LogP) is 3.29. The van der Waals surface area contributed by atoms with Gasteiger partial charge in [0.25, 0.3) is 0 Å². The molecule has 0 aliphatic carbocycles. The molecule has 0 unspecified atom stereocenters. The summed E-state index contributed by atoms with van der Waals surface area (Å²) >= 11 is 6.03. The first-order chi connectivity index (χ1) is 9.75. The van der Waals surface area contributed by atoms with Crippen LogP contribution in [0, 0.1) is 0 Å². The molecule has 0 saturated heterocycles. The molecule has 0 atom stereocenters. The van der Waals surface area contributed by atoms with E-state index in [1.807, 2.05) is 0 Å². The Morgan fingerprint density at radius 3 is 2.76 bits per heavy atom. The quantitative estimate of drug-likeness (QED) is 0.868. The molecule has 2 amide bonds. The van der Waals surface area contributed by atoms with Gasteiger partial charge in [-0.2, -0.15) is 23.3 Å². The smallest absolute Gasteiger partial charge is 0.306 e. The van der Waals surface area contributed by atoms with E-state index < -0.39 is 17.2 Å². The van der Waals surface area contributed by atoms with Crippen molar-refractivity contribution in [2.24, 2.45) is 12.0 Å². The van der Waals surface area contributed by atoms with Crippen molar-refractivity contribution in [2.45, 2.75) is 6.18 Å². The third-order valence-electron chi connectivity index (χ3n) is 2.22. The predicted molar refractivity (Wildman–Crippen MR) is 72.1 cm³/mol. The summed E-state index contributed by atoms with van der Waals surface area (Å²) in [6, 6.07) is 5.49. The highest BCUT2D eigenvalue weighted by Crippen LogP contribution is 2.28. The Kier molecular flexibility index (Phi) is 4.33. The maximum absolute atomic E-state index is 12.5. The van der Waals surface area contributed by atoms with Crippen molar-refractivity contribution in [3.63, 3.8) is 0 Å². The number of amides is 2. The van der Waals surface area contributed by atoms with E-state index in [9.17, 15) is 18.0 Å². The van der Waals surface area contributed by atoms with Crippen LogP contribution in [0.15, 0.2) is 29.3 Å². The van der Waals surface area contributed by atoms with Gasteiger partial charge in [-0.25, -0.2) is 9.48 Å². The lowest BCUT2D eigenvalue weighted by molar-refractivity contribution is -0.138. The first kappa shape index (κ1) is 15.5. The summed E-state index contributed by atoms with van der Waals surface area (Å²) in [4.78, 5) is 15.0. The van der Waals surface area contributed by atoms with E-state index in [1.54, 1.807) is 18.2 Å². The van der Waals surface area contributed by atoms with Crippen molar-refractivity contribution in [1.29, 1.82) is 0 Å². The number of hydrogen-bond acceptors (Lipinski definition) is 3. The molecule has 21 heavy (non-hydrogen) atoms. The van der Waals surface area contributed by atoms with E-state index >= 15 is 0 Å². The monoisotopic (exact) mass is 336 g/mol. The molecule has 0 bridgehead atoms. The molecule has 1 heterocycles. The minimum Gasteiger partial charge on any atom is -0.306 e. The van der Waals surface area contributed by atoms with E-state index in [0.29, 0.717) is 10.7 Å². The second-order valence-corrected chi connectivity index (χ2v) is 5.26. The van der Waals surface area contributed by atoms with Crippen molar-refractivity contribution in [1.82, 2.24) is 9.78 Å². The number of carbonyl (C=O) groups is 1. The third-order valence-corrected chi connectivity index (χ3v) is 3.50. The Hall–Kier alpha value is -1.87. The average molecular weight is 337 g/mol. The van der Waals surface area contributed by atoms with Crippen molar-refractivity contribution < 1.29 is 18.0 Å². The van der Waals surface area contributed by atoms with Crippen LogP contribution in [0.1, 0.15) is 5.01 Å². The van der Waals surface area contributed by atoms with E-state index in [0.717, 1.165) is 4.68 Å². The van der Waals surface area contributed by atoms with Gasteiger partial charge in [-0.3, -0.25) is 0 Å². The summed E-state index contributed by atoms with van der Waals surface area (Å²) in [5, 5.41) is 5.01. The molecule has 0 radical (unpaired) electrons. The Balaban J connectivity index is 2.23. The second-order valence-electron chi connectivity index (χ2n) is 3.86. The van der Waals surface area contributed by atoms with Gasteiger partial charge in [0.05, 0.1) is 0 Å². The molecule has 1 aromatic heterocycles. The fourth-order valence-corrected chi connectivity index (χ4v) is 2.31. The fourth-order valence-electron chi connectivity index (χ4n) is 1.37. The topological polar surface area (TPSA) is 59.3 Å². The Morgan fingerprint density at radius 1 is 1.48 bits per heavy atom. The van der Waals surface area contributed by atoms with Crippen LogP contribution in [0.4, 0.5) is 23.7 Å². The maximum Gasteiger partial charge on any atom is 0.445 e. The lowest BCUT2D eigenvalue weighted by atomic mass is 10.3. The van der Waals surface area contributed by atoms with Gasteiger partial charge in [-0.1, -0.05) is 29.0 Å². The molecule has 0 aliphatic rings. The van der Waals surface area contributed by atoms with Crippen LogP contribution in [0.25, 0.3) is 0 Å². The van der Waals surface area contributed by atoms with Crippen LogP contribution in [0.2, 0.25) is 5.02 Å². The van der Waals surface area contributed by atoms with Crippen LogP contribution < -0.4 is 10.1 Å². The van der Waals surface area contributed by atoms with Gasteiger partial charge in [-0.15, -0.1) is 0 Å². The molecule has 5 nitrogen and oxygen atoms in total. The van der Waals surface area contributed by atoms with E-state index in [4.69, 9.17) is 11.6 Å². The van der Waals surface area contributed by atoms with Crippen molar-refractivity contribution in [3.8, 4) is 0 Å². The number of rotatable bonds is 1. The number of carbonyl (C=O) groups excluding carboxylic acids is 1. The largest absolute Gasteiger partial charge is 0.445 e. The SMILES string of the molecule is Cn1nc(C(F)(F)F)s/c1=N\C(=O)Nc1cccc(Cl)c1. The summed E-state index contributed by atoms with van der Waals surface area (Å²) in [5.41, 5.74) is 0.388. The van der Waals surface area contributed by atoms with Crippen LogP contribution in [0.5, 0.6) is 0 Å². The van der Waals surface area contributed by atoms with Crippen molar-refractivity contribution in [2.75, 3.05) is 5.32 Å². The van der Waals surface area contributed by atoms with Gasteiger partial charge in [0, 0.05) is 17.8 Å². The zero-order chi connectivity index (χ0) is 15.6. The highest BCUT2D eigenvalue weighted by molar-refractivity contribution is 7.09. The number of halogens is 4. The average Bonchev–Trinajstić information content (AvgIpc) is 2.70. The maximum atomic E-state index is 12.5. The number of hydrogen-bond donors (Lipinski definition) is 1. The zero-order valence-electron chi connectivity index (χ0n) is 10.5. The first-order valence-corrected chi connectivity index (χ1v) is 6.68. The van der Waals surface area contributed by atoms with Crippen LogP contribution in [-0.2, 0) is 13.2 Å². The number of urea groups is 1. The first-order valence-electron chi connectivity index (χ1n) is 5.48. The molecular weight excluding hydrogens is 329 g/mol. The number of anilines is 1. The number of benzene rings is 1. The fraction of sp³-hybridized carbons (Fsp3) is 0.182. The Bertz CT molecular complexity index is 738. The molecule has 0 aliphatic heterocycles. The summed E-state index contributed by atoms with van der Waals surface area (Å²) in [7, 11) is 1.28. The van der Waals surface area contributed by atoms with Crippen molar-refractivity contribution >= 4 is 34.7 Å². The molecule has 0 saturated carbocycles. The van der Waals surface area contributed by atoms with Crippen LogP contribution in [-0.4, -0.2) is 15.8 Å². The van der Waals surface area contributed by atoms with E-state index in [2.05, 4.69) is 15.4 Å². The summed E-state index contributed by atoms with van der Waals surface area (Å²) < 4.78 is 38.4. The number of aryl methyl sites for hydroxylation is 1. The summed E-state index contributed by atoms with van der Waals surface area (Å²) in [6.07, 6.45) is -4.57. The number of alkyl halides is 3. The molecular formula is C11H8ClF3N4OS. The lowest BCUT2D eigenvalue weighted by Crippen LogP contribution is -2.17. The van der Waals surface area contributed by atoms with E-state index in [1.165, 1.54) is 13.1 Å². The molecule has 10 heteroatoms. The van der Waals surface area contributed by atoms with Gasteiger partial charge in [0.2, 0.25) is 9.81 Å². The van der Waals surface area contributed by atoms with E-state index in [-0.39, 0.29) is 16.1 Å². The van der Waals surface area contributed by atoms with Gasteiger partial charge in [0.15, 0.2) is 0 Å². The number of aromatic nitrogens is 2. The van der Waals surface area contributed by atoms with Gasteiger partial charge >= 0.3 is 12.2 Å². The van der Waals surface area contributed by atoms with Crippen LogP contribution in [0.3, 0.4) is 0 Å². The third kappa shape index (κ3) is 4.05. The normalized spacial score (nSPS) is 12.5. The van der Waals surface area contributed by atoms with Gasteiger partial charge < -0.3 is 5.32 Å².